The molecule has 2 unspecified atom stereocenters. The van der Waals surface area contributed by atoms with Gasteiger partial charge in [0.05, 0.1) is 31.9 Å². The van der Waals surface area contributed by atoms with E-state index in [0.717, 1.165) is 5.56 Å². The number of carbonyl (C=O) groups is 2. The van der Waals surface area contributed by atoms with Crippen LogP contribution in [0.3, 0.4) is 0 Å². The number of morpholine rings is 1. The van der Waals surface area contributed by atoms with Crippen LogP contribution in [0.15, 0.2) is 54.6 Å². The first kappa shape index (κ1) is 21.3. The molecule has 0 aromatic heterocycles. The number of piperidine rings is 1. The molecular weight excluding hydrogens is 401 g/mol. The van der Waals surface area contributed by atoms with Crippen molar-refractivity contribution in [3.05, 3.63) is 66.0 Å². The number of amides is 1. The maximum atomic E-state index is 13.0. The third-order valence-electron chi connectivity index (χ3n) is 5.82. The van der Waals surface area contributed by atoms with Crippen LogP contribution in [0.25, 0.3) is 0 Å². The first-order valence-electron chi connectivity index (χ1n) is 10.6. The molecule has 0 saturated carbocycles. The fourth-order valence-corrected chi connectivity index (χ4v) is 4.27. The summed E-state index contributed by atoms with van der Waals surface area (Å²) in [6.45, 7) is 1.29. The van der Waals surface area contributed by atoms with Gasteiger partial charge in [-0.25, -0.2) is 9.18 Å². The molecule has 0 N–H and O–H groups in total. The lowest BCUT2D eigenvalue weighted by molar-refractivity contribution is -0.131. The third kappa shape index (κ3) is 5.41. The standard InChI is InChI=1S/C24H26FNO5/c25-19-6-8-22(9-7-19)30-11-10-23(27)18-12-20-15-29-16-21(13-18)26(20)24(28)31-14-17-4-2-1-3-5-17/h1-9,18,20-21H,10-16H2. The zero-order valence-electron chi connectivity index (χ0n) is 17.2. The number of halogens is 1. The minimum Gasteiger partial charge on any atom is -0.493 e. The van der Waals surface area contributed by atoms with Crippen LogP contribution in [-0.4, -0.2) is 48.7 Å². The largest absolute Gasteiger partial charge is 0.493 e. The van der Waals surface area contributed by atoms with Crippen LogP contribution in [0.4, 0.5) is 9.18 Å². The van der Waals surface area contributed by atoms with Gasteiger partial charge in [-0.3, -0.25) is 9.69 Å². The van der Waals surface area contributed by atoms with Gasteiger partial charge >= 0.3 is 6.09 Å². The molecular formula is C24H26FNO5. The molecule has 0 aliphatic carbocycles. The van der Waals surface area contributed by atoms with Crippen molar-refractivity contribution >= 4 is 11.9 Å². The first-order valence-corrected chi connectivity index (χ1v) is 10.6. The summed E-state index contributed by atoms with van der Waals surface area (Å²) >= 11 is 0. The van der Waals surface area contributed by atoms with E-state index in [1.165, 1.54) is 12.1 Å². The van der Waals surface area contributed by atoms with E-state index >= 15 is 0 Å². The number of hydrogen-bond donors (Lipinski definition) is 0. The third-order valence-corrected chi connectivity index (χ3v) is 5.82. The SMILES string of the molecule is O=C(CCOc1ccc(F)cc1)C1CC2COCC(C1)N2C(=O)OCc1ccccc1. The lowest BCUT2D eigenvalue weighted by Gasteiger charge is -2.47. The Hall–Kier alpha value is -2.93. The average Bonchev–Trinajstić information content (AvgIpc) is 2.78. The van der Waals surface area contributed by atoms with Gasteiger partial charge in [0, 0.05) is 12.3 Å². The van der Waals surface area contributed by atoms with Crippen molar-refractivity contribution < 1.29 is 28.2 Å². The smallest absolute Gasteiger partial charge is 0.410 e. The fourth-order valence-electron chi connectivity index (χ4n) is 4.27. The van der Waals surface area contributed by atoms with E-state index < -0.39 is 0 Å². The molecule has 31 heavy (non-hydrogen) atoms. The maximum absolute atomic E-state index is 13.0. The summed E-state index contributed by atoms with van der Waals surface area (Å²) < 4.78 is 29.7. The summed E-state index contributed by atoms with van der Waals surface area (Å²) in [5, 5.41) is 0. The van der Waals surface area contributed by atoms with Crippen LogP contribution in [0.5, 0.6) is 5.75 Å². The number of fused-ring (bicyclic) bond motifs is 2. The number of ether oxygens (including phenoxy) is 3. The Morgan fingerprint density at radius 3 is 2.35 bits per heavy atom. The van der Waals surface area contributed by atoms with E-state index in [4.69, 9.17) is 14.2 Å². The molecule has 164 valence electrons. The minimum absolute atomic E-state index is 0.122. The predicted molar refractivity (Wildman–Crippen MR) is 111 cm³/mol. The van der Waals surface area contributed by atoms with E-state index in [-0.39, 0.29) is 55.3 Å². The zero-order valence-corrected chi connectivity index (χ0v) is 17.2. The Labute approximate surface area is 180 Å². The van der Waals surface area contributed by atoms with E-state index in [9.17, 15) is 14.0 Å². The van der Waals surface area contributed by atoms with Crippen molar-refractivity contribution in [2.45, 2.75) is 38.0 Å². The van der Waals surface area contributed by atoms with Crippen molar-refractivity contribution in [2.75, 3.05) is 19.8 Å². The Balaban J connectivity index is 1.28. The van der Waals surface area contributed by atoms with E-state index in [2.05, 4.69) is 0 Å². The Kier molecular flexibility index (Phi) is 6.82. The van der Waals surface area contributed by atoms with E-state index in [1.54, 1.807) is 17.0 Å². The van der Waals surface area contributed by atoms with Gasteiger partial charge in [-0.1, -0.05) is 30.3 Å². The summed E-state index contributed by atoms with van der Waals surface area (Å²) in [6, 6.07) is 15.0. The quantitative estimate of drug-likeness (QED) is 0.669. The molecule has 2 aromatic carbocycles. The highest BCUT2D eigenvalue weighted by Gasteiger charge is 2.44. The molecule has 2 atom stereocenters. The highest BCUT2D eigenvalue weighted by atomic mass is 19.1. The number of Topliss-reactive ketones (excluding diaryl/α,β-unsaturated/α-hetero) is 1. The molecule has 4 rings (SSSR count). The Morgan fingerprint density at radius 2 is 1.68 bits per heavy atom. The van der Waals surface area contributed by atoms with Gasteiger partial charge in [-0.05, 0) is 42.7 Å². The minimum atomic E-state index is -0.354. The molecule has 1 amide bonds. The molecule has 2 aliphatic rings. The van der Waals surface area contributed by atoms with Crippen LogP contribution in [0.2, 0.25) is 0 Å². The van der Waals surface area contributed by atoms with Crippen LogP contribution in [0, 0.1) is 11.7 Å². The van der Waals surface area contributed by atoms with Gasteiger partial charge in [-0.2, -0.15) is 0 Å². The molecule has 2 bridgehead atoms. The molecule has 2 fully saturated rings. The van der Waals surface area contributed by atoms with Gasteiger partial charge in [0.25, 0.3) is 0 Å². The lowest BCUT2D eigenvalue weighted by Crippen LogP contribution is -2.60. The summed E-state index contributed by atoms with van der Waals surface area (Å²) in [7, 11) is 0. The molecule has 7 heteroatoms. The molecule has 2 aliphatic heterocycles. The van der Waals surface area contributed by atoms with Gasteiger partial charge in [0.2, 0.25) is 0 Å². The van der Waals surface area contributed by atoms with Crippen molar-refractivity contribution in [1.29, 1.82) is 0 Å². The number of carbonyl (C=O) groups excluding carboxylic acids is 2. The fraction of sp³-hybridized carbons (Fsp3) is 0.417. The summed E-state index contributed by atoms with van der Waals surface area (Å²) in [6.07, 6.45) is 1.05. The van der Waals surface area contributed by atoms with Gasteiger partial charge < -0.3 is 14.2 Å². The monoisotopic (exact) mass is 427 g/mol. The van der Waals surface area contributed by atoms with Crippen LogP contribution < -0.4 is 4.74 Å². The Morgan fingerprint density at radius 1 is 1.00 bits per heavy atom. The molecule has 2 heterocycles. The lowest BCUT2D eigenvalue weighted by atomic mass is 9.82. The van der Waals surface area contributed by atoms with Gasteiger partial charge in [-0.15, -0.1) is 0 Å². The second kappa shape index (κ2) is 9.92. The van der Waals surface area contributed by atoms with Crippen molar-refractivity contribution in [3.8, 4) is 5.75 Å². The van der Waals surface area contributed by atoms with Crippen molar-refractivity contribution in [2.24, 2.45) is 5.92 Å². The first-order chi connectivity index (χ1) is 15.1. The summed E-state index contributed by atoms with van der Waals surface area (Å²) in [5.41, 5.74) is 0.934. The number of benzene rings is 2. The number of ketones is 1. The van der Waals surface area contributed by atoms with Crippen molar-refractivity contribution in [1.82, 2.24) is 4.90 Å². The van der Waals surface area contributed by atoms with Crippen molar-refractivity contribution in [3.63, 3.8) is 0 Å². The Bertz CT molecular complexity index is 875. The molecule has 0 spiro atoms. The topological polar surface area (TPSA) is 65.1 Å². The highest BCUT2D eigenvalue weighted by molar-refractivity contribution is 5.82. The molecule has 0 radical (unpaired) electrons. The molecule has 6 nitrogen and oxygen atoms in total. The average molecular weight is 427 g/mol. The summed E-state index contributed by atoms with van der Waals surface area (Å²) in [4.78, 5) is 27.2. The van der Waals surface area contributed by atoms with Crippen LogP contribution in [-0.2, 0) is 20.9 Å². The van der Waals surface area contributed by atoms with E-state index in [0.29, 0.717) is 31.8 Å². The highest BCUT2D eigenvalue weighted by Crippen LogP contribution is 2.33. The van der Waals surface area contributed by atoms with E-state index in [1.807, 2.05) is 30.3 Å². The number of nitrogens with zero attached hydrogens (tertiary/aromatic N) is 1. The number of rotatable bonds is 7. The number of hydrogen-bond acceptors (Lipinski definition) is 5. The van der Waals surface area contributed by atoms with Gasteiger partial charge in [0.15, 0.2) is 0 Å². The summed E-state index contributed by atoms with van der Waals surface area (Å²) in [5.74, 6) is 0.201. The molecule has 2 aromatic rings. The van der Waals surface area contributed by atoms with Crippen LogP contribution in [0.1, 0.15) is 24.8 Å². The normalized spacial score (nSPS) is 22.6. The predicted octanol–water partition coefficient (Wildman–Crippen LogP) is 3.98. The zero-order chi connectivity index (χ0) is 21.6. The molecule has 2 saturated heterocycles. The second-order valence-corrected chi connectivity index (χ2v) is 7.98. The maximum Gasteiger partial charge on any atom is 0.410 e. The van der Waals surface area contributed by atoms with Crippen LogP contribution >= 0.6 is 0 Å². The second-order valence-electron chi connectivity index (χ2n) is 7.98. The van der Waals surface area contributed by atoms with Gasteiger partial charge in [0.1, 0.15) is 24.0 Å².